The second-order valence-electron chi connectivity index (χ2n) is 5.28. The van der Waals surface area contributed by atoms with E-state index in [0.717, 1.165) is 0 Å². The maximum absolute atomic E-state index is 11.2. The average Bonchev–Trinajstić information content (AvgIpc) is 2.12. The van der Waals surface area contributed by atoms with E-state index in [9.17, 15) is 24.3 Å². The molecule has 0 saturated carbocycles. The molecule has 0 amide bonds. The highest BCUT2D eigenvalue weighted by atomic mass is 16.4. The van der Waals surface area contributed by atoms with Crippen LogP contribution < -0.4 is 0 Å². The number of carboxylic acids is 4. The van der Waals surface area contributed by atoms with Gasteiger partial charge in [-0.25, -0.2) is 4.79 Å². The molecule has 0 aromatic carbocycles. The Hall–Kier alpha value is -2.20. The van der Waals surface area contributed by atoms with E-state index in [1.54, 1.807) is 0 Å². The first kappa shape index (κ1) is 17.8. The molecule has 0 aliphatic carbocycles. The number of quaternary nitrogens is 1. The molecule has 0 bridgehead atoms. The summed E-state index contributed by atoms with van der Waals surface area (Å²) in [4.78, 5) is 44.7. The van der Waals surface area contributed by atoms with Crippen molar-refractivity contribution in [3.8, 4) is 0 Å². The Kier molecular flexibility index (Phi) is 4.50. The number of hydrogen-bond acceptors (Lipinski definition) is 5. The Morgan fingerprint density at radius 2 is 1.10 bits per heavy atom. The summed E-state index contributed by atoms with van der Waals surface area (Å²) in [6.07, 6.45) is 0. The fraction of sp³-hybridized carbons (Fsp3) is 0.600. The summed E-state index contributed by atoms with van der Waals surface area (Å²) in [5, 5.41) is 46.0. The summed E-state index contributed by atoms with van der Waals surface area (Å²) >= 11 is 0. The van der Waals surface area contributed by atoms with Gasteiger partial charge >= 0.3 is 29.3 Å². The van der Waals surface area contributed by atoms with Crippen molar-refractivity contribution in [3.63, 3.8) is 0 Å². The molecule has 10 heteroatoms. The van der Waals surface area contributed by atoms with Crippen LogP contribution >= 0.6 is 0 Å². The largest absolute Gasteiger partial charge is 0.480 e. The van der Waals surface area contributed by atoms with Gasteiger partial charge in [-0.15, -0.1) is 0 Å². The normalized spacial score (nSPS) is 15.2. The first-order valence-corrected chi connectivity index (χ1v) is 5.20. The minimum atomic E-state index is -3.93. The Labute approximate surface area is 113 Å². The van der Waals surface area contributed by atoms with Gasteiger partial charge in [0.25, 0.3) is 0 Å². The van der Waals surface area contributed by atoms with Gasteiger partial charge in [-0.1, -0.05) is 0 Å². The molecule has 0 rings (SSSR count). The van der Waals surface area contributed by atoms with Crippen molar-refractivity contribution in [1.29, 1.82) is 0 Å². The van der Waals surface area contributed by atoms with Crippen molar-refractivity contribution >= 4 is 23.9 Å². The minimum Gasteiger partial charge on any atom is -0.480 e. The van der Waals surface area contributed by atoms with Crippen LogP contribution in [0.5, 0.6) is 0 Å². The van der Waals surface area contributed by atoms with E-state index in [4.69, 9.17) is 20.4 Å². The number of likely N-dealkylation sites (N-methyl/N-ethyl adjacent to an activating group) is 1. The lowest BCUT2D eigenvalue weighted by atomic mass is 9.70. The predicted molar refractivity (Wildman–Crippen MR) is 60.8 cm³/mol. The fourth-order valence-corrected chi connectivity index (χ4v) is 1.84. The van der Waals surface area contributed by atoms with Crippen molar-refractivity contribution in [3.05, 3.63) is 0 Å². The Balaban J connectivity index is 6.48. The molecular weight excluding hydrogens is 278 g/mol. The summed E-state index contributed by atoms with van der Waals surface area (Å²) in [7, 11) is 4.01. The second-order valence-corrected chi connectivity index (χ2v) is 5.28. The van der Waals surface area contributed by atoms with Crippen LogP contribution in [-0.2, 0) is 19.2 Å². The molecule has 1 atom stereocenters. The standard InChI is InChI=1S/C10H15NO9/c1-11(2,3)4-9(20,5(12)13)10(6(14)15,7(16)17)8(18)19/h20H,4H2,1-3H3,(H3-,12,13,14,15,16,17,18,19)/p+1. The SMILES string of the molecule is C[N+](C)(C)CC(O)(C(=O)O)C(C(=O)O)(C(=O)O)C(=O)O. The van der Waals surface area contributed by atoms with Crippen molar-refractivity contribution in [2.24, 2.45) is 5.41 Å². The number of hydrogen-bond donors (Lipinski definition) is 5. The van der Waals surface area contributed by atoms with Crippen LogP contribution in [0.3, 0.4) is 0 Å². The van der Waals surface area contributed by atoms with Crippen molar-refractivity contribution < 1.29 is 49.2 Å². The zero-order chi connectivity index (χ0) is 16.5. The van der Waals surface area contributed by atoms with E-state index >= 15 is 0 Å². The lowest BCUT2D eigenvalue weighted by Crippen LogP contribution is -2.71. The van der Waals surface area contributed by atoms with Crippen molar-refractivity contribution in [1.82, 2.24) is 0 Å². The first-order chi connectivity index (χ1) is 8.73. The monoisotopic (exact) mass is 294 g/mol. The van der Waals surface area contributed by atoms with Crippen LogP contribution in [0.25, 0.3) is 0 Å². The smallest absolute Gasteiger partial charge is 0.344 e. The number of carbonyl (C=O) groups is 4. The van der Waals surface area contributed by atoms with E-state index in [1.165, 1.54) is 21.1 Å². The van der Waals surface area contributed by atoms with Gasteiger partial charge in [-0.05, 0) is 0 Å². The van der Waals surface area contributed by atoms with Gasteiger partial charge in [0.15, 0.2) is 0 Å². The van der Waals surface area contributed by atoms with Gasteiger partial charge in [0.1, 0.15) is 6.54 Å². The molecule has 0 aliphatic rings. The zero-order valence-electron chi connectivity index (χ0n) is 11.0. The van der Waals surface area contributed by atoms with E-state index in [1.807, 2.05) is 0 Å². The topological polar surface area (TPSA) is 169 Å². The second kappa shape index (κ2) is 5.06. The molecule has 0 heterocycles. The van der Waals surface area contributed by atoms with Crippen LogP contribution in [-0.4, -0.2) is 87.2 Å². The van der Waals surface area contributed by atoms with Gasteiger partial charge in [0.05, 0.1) is 21.1 Å². The minimum absolute atomic E-state index is 0.377. The highest BCUT2D eigenvalue weighted by Crippen LogP contribution is 2.35. The quantitative estimate of drug-likeness (QED) is 0.257. The molecule has 1 unspecified atom stereocenters. The average molecular weight is 294 g/mol. The number of nitrogens with zero attached hydrogens (tertiary/aromatic N) is 1. The van der Waals surface area contributed by atoms with Crippen LogP contribution in [0.15, 0.2) is 0 Å². The molecule has 114 valence electrons. The molecule has 0 saturated heterocycles. The summed E-state index contributed by atoms with van der Waals surface area (Å²) in [6, 6.07) is 0. The lowest BCUT2D eigenvalue weighted by molar-refractivity contribution is -0.876. The lowest BCUT2D eigenvalue weighted by Gasteiger charge is -2.38. The zero-order valence-corrected chi connectivity index (χ0v) is 11.0. The molecule has 0 aromatic heterocycles. The van der Waals surface area contributed by atoms with Gasteiger partial charge in [-0.2, -0.15) is 0 Å². The maximum atomic E-state index is 11.2. The molecule has 0 aromatic rings. The fourth-order valence-electron chi connectivity index (χ4n) is 1.84. The summed E-state index contributed by atoms with van der Waals surface area (Å²) < 4.78 is -0.377. The van der Waals surface area contributed by atoms with Crippen molar-refractivity contribution in [2.75, 3.05) is 27.7 Å². The summed E-state index contributed by atoms with van der Waals surface area (Å²) in [5.74, 6) is -9.68. The third-order valence-corrected chi connectivity index (χ3v) is 2.64. The highest BCUT2D eigenvalue weighted by molar-refractivity contribution is 6.21. The number of aliphatic hydroxyl groups is 1. The predicted octanol–water partition coefficient (Wildman–Crippen LogP) is -2.25. The number of rotatable bonds is 7. The third kappa shape index (κ3) is 2.56. The Morgan fingerprint density at radius 3 is 1.25 bits per heavy atom. The van der Waals surface area contributed by atoms with E-state index < -0.39 is 41.4 Å². The van der Waals surface area contributed by atoms with Gasteiger partial charge in [-0.3, -0.25) is 14.4 Å². The molecule has 20 heavy (non-hydrogen) atoms. The van der Waals surface area contributed by atoms with Crippen LogP contribution in [0.4, 0.5) is 0 Å². The molecule has 10 nitrogen and oxygen atoms in total. The Bertz CT molecular complexity index is 428. The number of aliphatic carboxylic acids is 4. The molecule has 0 radical (unpaired) electrons. The summed E-state index contributed by atoms with van der Waals surface area (Å²) in [6.45, 7) is -0.951. The van der Waals surface area contributed by atoms with Gasteiger partial charge in [0, 0.05) is 0 Å². The summed E-state index contributed by atoms with van der Waals surface area (Å²) in [5.41, 5.74) is -7.47. The van der Waals surface area contributed by atoms with Crippen LogP contribution in [0.2, 0.25) is 0 Å². The molecule has 0 spiro atoms. The van der Waals surface area contributed by atoms with E-state index in [2.05, 4.69) is 0 Å². The maximum Gasteiger partial charge on any atom is 0.344 e. The third-order valence-electron chi connectivity index (χ3n) is 2.64. The molecule has 0 aliphatic heterocycles. The Morgan fingerprint density at radius 1 is 0.800 bits per heavy atom. The molecular formula is C10H16NO9+. The van der Waals surface area contributed by atoms with Crippen LogP contribution in [0.1, 0.15) is 0 Å². The van der Waals surface area contributed by atoms with Gasteiger partial charge < -0.3 is 30.0 Å². The molecule has 5 N–H and O–H groups in total. The number of carboxylic acid groups (broad SMARTS) is 4. The van der Waals surface area contributed by atoms with E-state index in [-0.39, 0.29) is 4.48 Å². The van der Waals surface area contributed by atoms with E-state index in [0.29, 0.717) is 0 Å². The highest BCUT2D eigenvalue weighted by Gasteiger charge is 2.74. The first-order valence-electron chi connectivity index (χ1n) is 5.20. The van der Waals surface area contributed by atoms with Crippen LogP contribution in [0, 0.1) is 5.41 Å². The molecule has 0 fully saturated rings. The van der Waals surface area contributed by atoms with Gasteiger partial charge in [0.2, 0.25) is 5.60 Å². The van der Waals surface area contributed by atoms with Crippen molar-refractivity contribution in [2.45, 2.75) is 5.60 Å².